The zero-order valence-corrected chi connectivity index (χ0v) is 17.8. The summed E-state index contributed by atoms with van der Waals surface area (Å²) in [4.78, 5) is 29.4. The summed E-state index contributed by atoms with van der Waals surface area (Å²) in [6.07, 6.45) is 0. The van der Waals surface area contributed by atoms with Crippen molar-refractivity contribution in [2.24, 2.45) is 0 Å². The Morgan fingerprint density at radius 1 is 1.07 bits per heavy atom. The van der Waals surface area contributed by atoms with Gasteiger partial charge in [0.15, 0.2) is 5.78 Å². The second-order valence-electron chi connectivity index (χ2n) is 7.75. The van der Waals surface area contributed by atoms with Crippen molar-refractivity contribution in [3.63, 3.8) is 0 Å². The fraction of sp³-hybridized carbons (Fsp3) is 0.455. The number of aryl methyl sites for hydroxylation is 1. The largest absolute Gasteiger partial charge is 0.346 e. The van der Waals surface area contributed by atoms with E-state index in [1.54, 1.807) is 24.3 Å². The lowest BCUT2D eigenvalue weighted by atomic mass is 10.1. The maximum absolute atomic E-state index is 12.8. The first-order chi connectivity index (χ1) is 13.3. The summed E-state index contributed by atoms with van der Waals surface area (Å²) in [6, 6.07) is 9.37. The van der Waals surface area contributed by atoms with Crippen LogP contribution in [0.3, 0.4) is 0 Å². The van der Waals surface area contributed by atoms with Gasteiger partial charge in [-0.2, -0.15) is 0 Å². The lowest BCUT2D eigenvalue weighted by molar-refractivity contribution is 0.0624. The third-order valence-corrected chi connectivity index (χ3v) is 5.63. The number of piperazine rings is 1. The minimum atomic E-state index is -0.00560. The van der Waals surface area contributed by atoms with E-state index in [0.29, 0.717) is 49.4 Å². The Balaban J connectivity index is 1.59. The second kappa shape index (κ2) is 8.50. The lowest BCUT2D eigenvalue weighted by Gasteiger charge is -2.34. The Hall–Kier alpha value is -2.11. The third-order valence-electron chi connectivity index (χ3n) is 5.40. The Labute approximate surface area is 171 Å². The van der Waals surface area contributed by atoms with Crippen LogP contribution in [0.25, 0.3) is 0 Å². The molecule has 1 fully saturated rings. The Kier molecular flexibility index (Phi) is 6.26. The fourth-order valence-corrected chi connectivity index (χ4v) is 4.25. The smallest absolute Gasteiger partial charge is 0.253 e. The van der Waals surface area contributed by atoms with Crippen LogP contribution in [0.2, 0.25) is 5.02 Å². The fourth-order valence-electron chi connectivity index (χ4n) is 4.06. The SMILES string of the molecule is Cc1cc(C(=O)CN2CCN(C(=O)c3cccc(Cl)c3)CC2)c(C)n1C(C)C. The minimum absolute atomic E-state index is 0.00560. The molecule has 1 amide bonds. The Morgan fingerprint density at radius 2 is 1.75 bits per heavy atom. The topological polar surface area (TPSA) is 45.6 Å². The number of ketones is 1. The van der Waals surface area contributed by atoms with Crippen LogP contribution in [0.4, 0.5) is 0 Å². The van der Waals surface area contributed by atoms with Crippen LogP contribution < -0.4 is 0 Å². The summed E-state index contributed by atoms with van der Waals surface area (Å²) in [6.45, 7) is 11.3. The molecule has 2 heterocycles. The highest BCUT2D eigenvalue weighted by atomic mass is 35.5. The number of carbonyl (C=O) groups is 2. The van der Waals surface area contributed by atoms with Gasteiger partial charge in [-0.1, -0.05) is 17.7 Å². The standard InChI is InChI=1S/C22H28ClN3O2/c1-15(2)26-16(3)12-20(17(26)4)21(27)14-24-8-10-25(11-9-24)22(28)18-6-5-7-19(23)13-18/h5-7,12-13,15H,8-11,14H2,1-4H3. The summed E-state index contributed by atoms with van der Waals surface area (Å²) >= 11 is 5.99. The maximum Gasteiger partial charge on any atom is 0.253 e. The van der Waals surface area contributed by atoms with Gasteiger partial charge in [-0.15, -0.1) is 0 Å². The Bertz CT molecular complexity index is 880. The van der Waals surface area contributed by atoms with E-state index in [9.17, 15) is 9.59 Å². The summed E-state index contributed by atoms with van der Waals surface area (Å²) in [7, 11) is 0. The molecule has 0 aliphatic carbocycles. The first-order valence-electron chi connectivity index (χ1n) is 9.76. The summed E-state index contributed by atoms with van der Waals surface area (Å²) in [5, 5.41) is 0.564. The van der Waals surface area contributed by atoms with Crippen molar-refractivity contribution in [3.05, 3.63) is 57.9 Å². The van der Waals surface area contributed by atoms with Gasteiger partial charge in [-0.3, -0.25) is 14.5 Å². The predicted octanol–water partition coefficient (Wildman–Crippen LogP) is 3.98. The number of Topliss-reactive ketones (excluding diaryl/α,β-unsaturated/α-hetero) is 1. The van der Waals surface area contributed by atoms with Crippen molar-refractivity contribution in [2.75, 3.05) is 32.7 Å². The molecule has 150 valence electrons. The van der Waals surface area contributed by atoms with E-state index in [0.717, 1.165) is 17.0 Å². The number of amides is 1. The molecular weight excluding hydrogens is 374 g/mol. The van der Waals surface area contributed by atoms with E-state index in [4.69, 9.17) is 11.6 Å². The summed E-state index contributed by atoms with van der Waals surface area (Å²) < 4.78 is 2.20. The van der Waals surface area contributed by atoms with E-state index in [-0.39, 0.29) is 11.7 Å². The average Bonchev–Trinajstić information content (AvgIpc) is 2.96. The molecule has 0 N–H and O–H groups in total. The van der Waals surface area contributed by atoms with Gasteiger partial charge in [0.2, 0.25) is 0 Å². The van der Waals surface area contributed by atoms with Crippen molar-refractivity contribution in [2.45, 2.75) is 33.7 Å². The molecular formula is C22H28ClN3O2. The molecule has 1 aliphatic heterocycles. The molecule has 1 aromatic carbocycles. The van der Waals surface area contributed by atoms with Crippen LogP contribution in [0, 0.1) is 13.8 Å². The van der Waals surface area contributed by atoms with Crippen molar-refractivity contribution in [1.29, 1.82) is 0 Å². The third kappa shape index (κ3) is 4.31. The number of carbonyl (C=O) groups excluding carboxylic acids is 2. The van der Waals surface area contributed by atoms with Crippen LogP contribution in [-0.4, -0.2) is 58.8 Å². The van der Waals surface area contributed by atoms with Crippen LogP contribution >= 0.6 is 11.6 Å². The van der Waals surface area contributed by atoms with E-state index in [1.807, 2.05) is 24.8 Å². The number of halogens is 1. The van der Waals surface area contributed by atoms with Crippen molar-refractivity contribution in [1.82, 2.24) is 14.4 Å². The van der Waals surface area contributed by atoms with Gasteiger partial charge in [0.1, 0.15) is 0 Å². The molecule has 28 heavy (non-hydrogen) atoms. The molecule has 0 bridgehead atoms. The van der Waals surface area contributed by atoms with E-state index < -0.39 is 0 Å². The van der Waals surface area contributed by atoms with Crippen LogP contribution in [0.5, 0.6) is 0 Å². The monoisotopic (exact) mass is 401 g/mol. The number of rotatable bonds is 5. The summed E-state index contributed by atoms with van der Waals surface area (Å²) in [5.74, 6) is 0.142. The molecule has 6 heteroatoms. The molecule has 3 rings (SSSR count). The van der Waals surface area contributed by atoms with Crippen LogP contribution in [-0.2, 0) is 0 Å². The average molecular weight is 402 g/mol. The van der Waals surface area contributed by atoms with Crippen LogP contribution in [0.15, 0.2) is 30.3 Å². The van der Waals surface area contributed by atoms with E-state index in [1.165, 1.54) is 0 Å². The van der Waals surface area contributed by atoms with Gasteiger partial charge < -0.3 is 9.47 Å². The second-order valence-corrected chi connectivity index (χ2v) is 8.19. The summed E-state index contributed by atoms with van der Waals surface area (Å²) in [5.41, 5.74) is 3.57. The molecule has 2 aromatic rings. The molecule has 1 aromatic heterocycles. The van der Waals surface area contributed by atoms with Gasteiger partial charge in [0.25, 0.3) is 5.91 Å². The number of hydrogen-bond acceptors (Lipinski definition) is 3. The molecule has 5 nitrogen and oxygen atoms in total. The van der Waals surface area contributed by atoms with Gasteiger partial charge in [0.05, 0.1) is 6.54 Å². The van der Waals surface area contributed by atoms with E-state index in [2.05, 4.69) is 23.3 Å². The van der Waals surface area contributed by atoms with Gasteiger partial charge in [0, 0.05) is 59.8 Å². The van der Waals surface area contributed by atoms with Gasteiger partial charge in [-0.05, 0) is 52.0 Å². The molecule has 0 saturated carbocycles. The highest BCUT2D eigenvalue weighted by Gasteiger charge is 2.25. The quantitative estimate of drug-likeness (QED) is 0.712. The van der Waals surface area contributed by atoms with Gasteiger partial charge >= 0.3 is 0 Å². The number of nitrogens with zero attached hydrogens (tertiary/aromatic N) is 3. The first-order valence-corrected chi connectivity index (χ1v) is 10.1. The highest BCUT2D eigenvalue weighted by molar-refractivity contribution is 6.30. The number of benzene rings is 1. The lowest BCUT2D eigenvalue weighted by Crippen LogP contribution is -2.49. The zero-order valence-electron chi connectivity index (χ0n) is 17.0. The normalized spacial score (nSPS) is 15.3. The van der Waals surface area contributed by atoms with Crippen LogP contribution in [0.1, 0.15) is 52.0 Å². The molecule has 0 unspecified atom stereocenters. The van der Waals surface area contributed by atoms with Crippen molar-refractivity contribution in [3.8, 4) is 0 Å². The predicted molar refractivity (Wildman–Crippen MR) is 112 cm³/mol. The highest BCUT2D eigenvalue weighted by Crippen LogP contribution is 2.21. The number of aromatic nitrogens is 1. The molecule has 1 aliphatic rings. The minimum Gasteiger partial charge on any atom is -0.346 e. The molecule has 0 radical (unpaired) electrons. The number of hydrogen-bond donors (Lipinski definition) is 0. The van der Waals surface area contributed by atoms with E-state index >= 15 is 0 Å². The first kappa shape index (κ1) is 20.6. The zero-order chi connectivity index (χ0) is 20.4. The van der Waals surface area contributed by atoms with Gasteiger partial charge in [-0.25, -0.2) is 0 Å². The van der Waals surface area contributed by atoms with Crippen molar-refractivity contribution < 1.29 is 9.59 Å². The van der Waals surface area contributed by atoms with Crippen molar-refractivity contribution >= 4 is 23.3 Å². The maximum atomic E-state index is 12.8. The molecule has 0 spiro atoms. The molecule has 0 atom stereocenters. The Morgan fingerprint density at radius 3 is 2.32 bits per heavy atom. The molecule has 1 saturated heterocycles.